The standard InChI is InChI=1S/C14H20N2O5/c1-14(2,3)7-10(17)8-15-9-4-5-11(13(18)19)12(6-9)16(20)21/h4-6,10,15,17H,7-8H2,1-3H3,(H,18,19). The van der Waals surface area contributed by atoms with E-state index in [2.05, 4.69) is 5.32 Å². The Bertz CT molecular complexity index is 537. The molecule has 0 fully saturated rings. The number of carboxylic acids is 1. The minimum Gasteiger partial charge on any atom is -0.477 e. The number of aliphatic hydroxyl groups excluding tert-OH is 1. The van der Waals surface area contributed by atoms with E-state index in [9.17, 15) is 20.0 Å². The van der Waals surface area contributed by atoms with Crippen LogP contribution in [0.3, 0.4) is 0 Å². The predicted molar refractivity (Wildman–Crippen MR) is 78.6 cm³/mol. The molecule has 1 aromatic rings. The highest BCUT2D eigenvalue weighted by molar-refractivity contribution is 5.93. The molecule has 0 heterocycles. The zero-order chi connectivity index (χ0) is 16.2. The van der Waals surface area contributed by atoms with Gasteiger partial charge < -0.3 is 15.5 Å². The number of nitrogens with one attached hydrogen (secondary N) is 1. The van der Waals surface area contributed by atoms with E-state index in [1.165, 1.54) is 12.1 Å². The third-order valence-corrected chi connectivity index (χ3v) is 2.81. The Morgan fingerprint density at radius 1 is 1.43 bits per heavy atom. The summed E-state index contributed by atoms with van der Waals surface area (Å²) in [5.41, 5.74) is -0.460. The molecule has 0 aliphatic heterocycles. The van der Waals surface area contributed by atoms with Crippen molar-refractivity contribution in [1.82, 2.24) is 0 Å². The number of rotatable bonds is 6. The van der Waals surface area contributed by atoms with E-state index >= 15 is 0 Å². The number of benzene rings is 1. The Kier molecular flexibility index (Phi) is 5.26. The van der Waals surface area contributed by atoms with Gasteiger partial charge in [0.25, 0.3) is 5.69 Å². The first-order valence-electron chi connectivity index (χ1n) is 6.54. The van der Waals surface area contributed by atoms with Gasteiger partial charge in [-0.1, -0.05) is 20.8 Å². The summed E-state index contributed by atoms with van der Waals surface area (Å²) in [5.74, 6) is -1.35. The molecular formula is C14H20N2O5. The molecule has 0 saturated carbocycles. The molecule has 0 radical (unpaired) electrons. The highest BCUT2D eigenvalue weighted by Crippen LogP contribution is 2.24. The molecule has 3 N–H and O–H groups in total. The van der Waals surface area contributed by atoms with Gasteiger partial charge in [-0.05, 0) is 24.0 Å². The van der Waals surface area contributed by atoms with Crippen molar-refractivity contribution in [2.24, 2.45) is 5.41 Å². The maximum Gasteiger partial charge on any atom is 0.342 e. The molecule has 1 rings (SSSR count). The lowest BCUT2D eigenvalue weighted by Crippen LogP contribution is -2.25. The molecule has 21 heavy (non-hydrogen) atoms. The average molecular weight is 296 g/mol. The Hall–Kier alpha value is -2.15. The largest absolute Gasteiger partial charge is 0.477 e. The van der Waals surface area contributed by atoms with E-state index in [4.69, 9.17) is 5.11 Å². The molecule has 0 aliphatic rings. The maximum atomic E-state index is 10.9. The second-order valence-corrected chi connectivity index (χ2v) is 6.09. The van der Waals surface area contributed by atoms with Crippen molar-refractivity contribution < 1.29 is 19.9 Å². The van der Waals surface area contributed by atoms with Crippen LogP contribution < -0.4 is 5.32 Å². The number of aromatic carboxylic acids is 1. The summed E-state index contributed by atoms with van der Waals surface area (Å²) < 4.78 is 0. The molecule has 7 heteroatoms. The van der Waals surface area contributed by atoms with Crippen molar-refractivity contribution in [2.75, 3.05) is 11.9 Å². The van der Waals surface area contributed by atoms with Gasteiger partial charge in [-0.15, -0.1) is 0 Å². The van der Waals surface area contributed by atoms with Crippen molar-refractivity contribution in [1.29, 1.82) is 0 Å². The van der Waals surface area contributed by atoms with Gasteiger partial charge in [-0.2, -0.15) is 0 Å². The molecule has 0 saturated heterocycles. The topological polar surface area (TPSA) is 113 Å². The van der Waals surface area contributed by atoms with Crippen LogP contribution in [0.2, 0.25) is 0 Å². The Morgan fingerprint density at radius 3 is 2.52 bits per heavy atom. The van der Waals surface area contributed by atoms with Crippen LogP contribution in [-0.2, 0) is 0 Å². The van der Waals surface area contributed by atoms with Crippen molar-refractivity contribution >= 4 is 17.3 Å². The molecule has 116 valence electrons. The summed E-state index contributed by atoms with van der Waals surface area (Å²) in [6.45, 7) is 6.25. The van der Waals surface area contributed by atoms with Gasteiger partial charge in [-0.25, -0.2) is 4.79 Å². The first-order chi connectivity index (χ1) is 9.60. The quantitative estimate of drug-likeness (QED) is 0.549. The lowest BCUT2D eigenvalue weighted by Gasteiger charge is -2.22. The number of carboxylic acid groups (broad SMARTS) is 1. The third-order valence-electron chi connectivity index (χ3n) is 2.81. The molecule has 0 aliphatic carbocycles. The average Bonchev–Trinajstić information content (AvgIpc) is 2.33. The highest BCUT2D eigenvalue weighted by Gasteiger charge is 2.21. The van der Waals surface area contributed by atoms with Crippen LogP contribution in [0.25, 0.3) is 0 Å². The van der Waals surface area contributed by atoms with Crippen LogP contribution in [0.4, 0.5) is 11.4 Å². The van der Waals surface area contributed by atoms with E-state index in [0.29, 0.717) is 12.1 Å². The Labute approximate surface area is 122 Å². The number of hydrogen-bond donors (Lipinski definition) is 3. The first kappa shape index (κ1) is 16.9. The monoisotopic (exact) mass is 296 g/mol. The fourth-order valence-electron chi connectivity index (χ4n) is 1.99. The highest BCUT2D eigenvalue weighted by atomic mass is 16.6. The summed E-state index contributed by atoms with van der Waals surface area (Å²) in [5, 5.41) is 32.5. The maximum absolute atomic E-state index is 10.9. The van der Waals surface area contributed by atoms with Crippen LogP contribution in [0.5, 0.6) is 0 Å². The second-order valence-electron chi connectivity index (χ2n) is 6.09. The fraction of sp³-hybridized carbons (Fsp3) is 0.500. The van der Waals surface area contributed by atoms with Gasteiger partial charge >= 0.3 is 5.97 Å². The molecule has 0 aromatic heterocycles. The minimum absolute atomic E-state index is 0.0275. The number of hydrogen-bond acceptors (Lipinski definition) is 5. The van der Waals surface area contributed by atoms with Crippen LogP contribution in [-0.4, -0.2) is 33.8 Å². The molecule has 7 nitrogen and oxygen atoms in total. The molecule has 0 amide bonds. The normalized spacial score (nSPS) is 12.8. The predicted octanol–water partition coefficient (Wildman–Crippen LogP) is 2.50. The number of nitro groups is 1. The number of nitrogens with zero attached hydrogens (tertiary/aromatic N) is 1. The van der Waals surface area contributed by atoms with Gasteiger partial charge in [0.1, 0.15) is 5.56 Å². The molecule has 0 spiro atoms. The summed E-state index contributed by atoms with van der Waals surface area (Å²) in [6, 6.07) is 3.78. The summed E-state index contributed by atoms with van der Waals surface area (Å²) in [4.78, 5) is 21.0. The smallest absolute Gasteiger partial charge is 0.342 e. The van der Waals surface area contributed by atoms with Crippen LogP contribution >= 0.6 is 0 Å². The van der Waals surface area contributed by atoms with Gasteiger partial charge in [0.05, 0.1) is 11.0 Å². The van der Waals surface area contributed by atoms with Crippen molar-refractivity contribution in [3.05, 3.63) is 33.9 Å². The van der Waals surface area contributed by atoms with Gasteiger partial charge in [0, 0.05) is 18.3 Å². The SMILES string of the molecule is CC(C)(C)CC(O)CNc1ccc(C(=O)O)c([N+](=O)[O-])c1. The van der Waals surface area contributed by atoms with Crippen molar-refractivity contribution in [2.45, 2.75) is 33.3 Å². The summed E-state index contributed by atoms with van der Waals surface area (Å²) in [7, 11) is 0. The Balaban J connectivity index is 2.79. The Morgan fingerprint density at radius 2 is 2.05 bits per heavy atom. The summed E-state index contributed by atoms with van der Waals surface area (Å²) >= 11 is 0. The van der Waals surface area contributed by atoms with E-state index < -0.39 is 22.7 Å². The van der Waals surface area contributed by atoms with Crippen molar-refractivity contribution in [3.8, 4) is 0 Å². The second kappa shape index (κ2) is 6.53. The number of nitro benzene ring substituents is 1. The molecule has 1 aromatic carbocycles. The molecule has 1 atom stereocenters. The van der Waals surface area contributed by atoms with Crippen LogP contribution in [0.1, 0.15) is 37.6 Å². The first-order valence-corrected chi connectivity index (χ1v) is 6.54. The number of carbonyl (C=O) groups is 1. The van der Waals surface area contributed by atoms with Gasteiger partial charge in [-0.3, -0.25) is 10.1 Å². The van der Waals surface area contributed by atoms with E-state index in [1.807, 2.05) is 20.8 Å². The lowest BCUT2D eigenvalue weighted by atomic mass is 9.89. The number of anilines is 1. The minimum atomic E-state index is -1.35. The van der Waals surface area contributed by atoms with Crippen LogP contribution in [0.15, 0.2) is 18.2 Å². The molecular weight excluding hydrogens is 276 g/mol. The molecule has 0 bridgehead atoms. The van der Waals surface area contributed by atoms with E-state index in [-0.39, 0.29) is 17.5 Å². The zero-order valence-electron chi connectivity index (χ0n) is 12.3. The third kappa shape index (κ3) is 5.39. The van der Waals surface area contributed by atoms with E-state index in [0.717, 1.165) is 6.07 Å². The lowest BCUT2D eigenvalue weighted by molar-refractivity contribution is -0.385. The zero-order valence-corrected chi connectivity index (χ0v) is 12.3. The summed E-state index contributed by atoms with van der Waals surface area (Å²) in [6.07, 6.45) is -0.0156. The van der Waals surface area contributed by atoms with Gasteiger partial charge in [0.15, 0.2) is 0 Å². The van der Waals surface area contributed by atoms with E-state index in [1.54, 1.807) is 0 Å². The van der Waals surface area contributed by atoms with Gasteiger partial charge in [0.2, 0.25) is 0 Å². The van der Waals surface area contributed by atoms with Crippen molar-refractivity contribution in [3.63, 3.8) is 0 Å². The van der Waals surface area contributed by atoms with Crippen LogP contribution in [0, 0.1) is 15.5 Å². The fourth-order valence-corrected chi connectivity index (χ4v) is 1.99. The number of aliphatic hydroxyl groups is 1. The molecule has 1 unspecified atom stereocenters.